The number of nitrogens with zero attached hydrogens (tertiary/aromatic N) is 1. The number of benzene rings is 1. The highest BCUT2D eigenvalue weighted by Crippen LogP contribution is 2.27. The van der Waals surface area contributed by atoms with Crippen molar-refractivity contribution in [1.82, 2.24) is 4.57 Å². The van der Waals surface area contributed by atoms with Crippen LogP contribution in [0, 0.1) is 0 Å². The number of halogens is 3. The van der Waals surface area contributed by atoms with Crippen LogP contribution in [0.1, 0.15) is 12.0 Å². The van der Waals surface area contributed by atoms with E-state index in [2.05, 4.69) is 0 Å². The van der Waals surface area contributed by atoms with E-state index in [0.717, 1.165) is 0 Å². The molecular weight excluding hydrogens is 387 g/mol. The van der Waals surface area contributed by atoms with Crippen LogP contribution in [0.4, 0.5) is 13.2 Å². The zero-order valence-electron chi connectivity index (χ0n) is 14.0. The van der Waals surface area contributed by atoms with Crippen LogP contribution in [0.15, 0.2) is 58.4 Å². The lowest BCUT2D eigenvalue weighted by Gasteiger charge is -2.10. The van der Waals surface area contributed by atoms with Gasteiger partial charge in [0.25, 0.3) is 5.56 Å². The Bertz CT molecular complexity index is 953. The van der Waals surface area contributed by atoms with Gasteiger partial charge in [-0.2, -0.15) is 13.2 Å². The van der Waals surface area contributed by atoms with E-state index in [-0.39, 0.29) is 23.7 Å². The topological polar surface area (TPSA) is 82.4 Å². The standard InChI is InChI=1S/C17H16F3NO5S/c18-17(19,20)13-7-8-15(22)21(11-13)12-16(23)26-9-4-10-27(24,25)14-5-2-1-3-6-14/h1-3,5-8,11H,4,9-10,12H2. The molecule has 0 amide bonds. The minimum Gasteiger partial charge on any atom is -0.464 e. The van der Waals surface area contributed by atoms with E-state index < -0.39 is 39.7 Å². The first-order valence-electron chi connectivity index (χ1n) is 7.81. The molecule has 1 aromatic heterocycles. The van der Waals surface area contributed by atoms with Gasteiger partial charge in [-0.3, -0.25) is 9.59 Å². The summed E-state index contributed by atoms with van der Waals surface area (Å²) in [6.45, 7) is -0.938. The molecule has 146 valence electrons. The number of ether oxygens (including phenoxy) is 1. The second kappa shape index (κ2) is 8.38. The van der Waals surface area contributed by atoms with Crippen molar-refractivity contribution in [3.63, 3.8) is 0 Å². The number of esters is 1. The molecule has 27 heavy (non-hydrogen) atoms. The van der Waals surface area contributed by atoms with Gasteiger partial charge in [0.15, 0.2) is 9.84 Å². The van der Waals surface area contributed by atoms with E-state index >= 15 is 0 Å². The van der Waals surface area contributed by atoms with Gasteiger partial charge in [0.05, 0.1) is 22.8 Å². The largest absolute Gasteiger partial charge is 0.464 e. The van der Waals surface area contributed by atoms with Crippen molar-refractivity contribution in [2.24, 2.45) is 0 Å². The predicted molar refractivity (Wildman–Crippen MR) is 89.8 cm³/mol. The summed E-state index contributed by atoms with van der Waals surface area (Å²) in [5, 5.41) is 0. The number of carbonyl (C=O) groups is 1. The Hall–Kier alpha value is -2.62. The van der Waals surface area contributed by atoms with Crippen LogP contribution < -0.4 is 5.56 Å². The van der Waals surface area contributed by atoms with Crippen molar-refractivity contribution < 1.29 is 31.1 Å². The van der Waals surface area contributed by atoms with Gasteiger partial charge in [0, 0.05) is 12.3 Å². The molecule has 0 N–H and O–H groups in total. The van der Waals surface area contributed by atoms with Gasteiger partial charge in [0.2, 0.25) is 0 Å². The second-order valence-corrected chi connectivity index (χ2v) is 7.70. The number of alkyl halides is 3. The molecule has 0 aliphatic heterocycles. The quantitative estimate of drug-likeness (QED) is 0.523. The molecule has 0 bridgehead atoms. The van der Waals surface area contributed by atoms with Crippen molar-refractivity contribution in [3.05, 3.63) is 64.6 Å². The van der Waals surface area contributed by atoms with Gasteiger partial charge >= 0.3 is 12.1 Å². The Morgan fingerprint density at radius 3 is 2.37 bits per heavy atom. The lowest BCUT2D eigenvalue weighted by atomic mass is 10.3. The van der Waals surface area contributed by atoms with Crippen molar-refractivity contribution in [1.29, 1.82) is 0 Å². The number of rotatable bonds is 7. The summed E-state index contributed by atoms with van der Waals surface area (Å²) < 4.78 is 67.5. The first-order valence-corrected chi connectivity index (χ1v) is 9.46. The minimum atomic E-state index is -4.65. The van der Waals surface area contributed by atoms with Gasteiger partial charge in [-0.1, -0.05) is 18.2 Å². The van der Waals surface area contributed by atoms with Crippen LogP contribution in [0.25, 0.3) is 0 Å². The fraction of sp³-hybridized carbons (Fsp3) is 0.294. The van der Waals surface area contributed by atoms with Gasteiger partial charge in [-0.05, 0) is 24.6 Å². The Balaban J connectivity index is 1.88. The Morgan fingerprint density at radius 1 is 1.07 bits per heavy atom. The molecule has 2 rings (SSSR count). The van der Waals surface area contributed by atoms with Crippen LogP contribution >= 0.6 is 0 Å². The number of sulfone groups is 1. The monoisotopic (exact) mass is 403 g/mol. The summed E-state index contributed by atoms with van der Waals surface area (Å²) in [5.41, 5.74) is -1.85. The van der Waals surface area contributed by atoms with Crippen LogP contribution in [0.2, 0.25) is 0 Å². The van der Waals surface area contributed by atoms with E-state index in [4.69, 9.17) is 4.74 Å². The molecule has 0 aliphatic carbocycles. The summed E-state index contributed by atoms with van der Waals surface area (Å²) in [7, 11) is -3.52. The highest BCUT2D eigenvalue weighted by atomic mass is 32.2. The Kier molecular flexibility index (Phi) is 6.42. The molecular formula is C17H16F3NO5S. The minimum absolute atomic E-state index is 0.0143. The maximum atomic E-state index is 12.6. The van der Waals surface area contributed by atoms with Gasteiger partial charge < -0.3 is 9.30 Å². The zero-order valence-corrected chi connectivity index (χ0v) is 14.8. The van der Waals surface area contributed by atoms with Crippen LogP contribution in [0.3, 0.4) is 0 Å². The lowest BCUT2D eigenvalue weighted by molar-refractivity contribution is -0.145. The first kappa shape index (κ1) is 20.7. The molecule has 0 saturated carbocycles. The normalized spacial score (nSPS) is 12.0. The van der Waals surface area contributed by atoms with Crippen LogP contribution in [-0.4, -0.2) is 31.3 Å². The summed E-state index contributed by atoms with van der Waals surface area (Å²) in [5.74, 6) is -1.19. The van der Waals surface area contributed by atoms with E-state index in [1.54, 1.807) is 18.2 Å². The highest BCUT2D eigenvalue weighted by Gasteiger charge is 2.31. The fourth-order valence-corrected chi connectivity index (χ4v) is 3.49. The first-order chi connectivity index (χ1) is 12.6. The maximum Gasteiger partial charge on any atom is 0.417 e. The number of aromatic nitrogens is 1. The van der Waals surface area contributed by atoms with Crippen molar-refractivity contribution in [3.8, 4) is 0 Å². The maximum absolute atomic E-state index is 12.6. The van der Waals surface area contributed by atoms with Crippen molar-refractivity contribution >= 4 is 15.8 Å². The molecule has 0 atom stereocenters. The number of carbonyl (C=O) groups excluding carboxylic acids is 1. The molecule has 0 fully saturated rings. The smallest absolute Gasteiger partial charge is 0.417 e. The molecule has 1 aromatic carbocycles. The molecule has 0 aliphatic rings. The average Bonchev–Trinajstić information content (AvgIpc) is 2.60. The third-order valence-corrected chi connectivity index (χ3v) is 5.35. The van der Waals surface area contributed by atoms with Crippen molar-refractivity contribution in [2.75, 3.05) is 12.4 Å². The third kappa shape index (κ3) is 5.95. The van der Waals surface area contributed by atoms with Gasteiger partial charge in [-0.25, -0.2) is 8.42 Å². The van der Waals surface area contributed by atoms with E-state index in [1.807, 2.05) is 0 Å². The fourth-order valence-electron chi connectivity index (χ4n) is 2.19. The van der Waals surface area contributed by atoms with E-state index in [0.29, 0.717) is 22.9 Å². The predicted octanol–water partition coefficient (Wildman–Crippen LogP) is 2.27. The highest BCUT2D eigenvalue weighted by molar-refractivity contribution is 7.91. The molecule has 0 radical (unpaired) electrons. The Labute approximate surface area is 153 Å². The summed E-state index contributed by atoms with van der Waals surface area (Å²) in [6.07, 6.45) is -4.10. The van der Waals surface area contributed by atoms with E-state index in [9.17, 15) is 31.2 Å². The van der Waals surface area contributed by atoms with Gasteiger partial charge in [-0.15, -0.1) is 0 Å². The SMILES string of the molecule is O=C(Cn1cc(C(F)(F)F)ccc1=O)OCCCS(=O)(=O)c1ccccc1. The van der Waals surface area contributed by atoms with Gasteiger partial charge in [0.1, 0.15) is 6.54 Å². The molecule has 6 nitrogen and oxygen atoms in total. The molecule has 2 aromatic rings. The number of hydrogen-bond donors (Lipinski definition) is 0. The number of pyridine rings is 1. The number of hydrogen-bond acceptors (Lipinski definition) is 5. The Morgan fingerprint density at radius 2 is 1.74 bits per heavy atom. The summed E-state index contributed by atoms with van der Waals surface area (Å²) >= 11 is 0. The summed E-state index contributed by atoms with van der Waals surface area (Å²) in [4.78, 5) is 23.4. The zero-order chi connectivity index (χ0) is 20.1. The molecule has 0 unspecified atom stereocenters. The second-order valence-electron chi connectivity index (χ2n) is 5.59. The van der Waals surface area contributed by atoms with Crippen LogP contribution in [0.5, 0.6) is 0 Å². The lowest BCUT2D eigenvalue weighted by Crippen LogP contribution is -2.26. The molecule has 0 spiro atoms. The third-order valence-electron chi connectivity index (χ3n) is 3.53. The van der Waals surface area contributed by atoms with Crippen LogP contribution in [-0.2, 0) is 32.1 Å². The summed E-state index contributed by atoms with van der Waals surface area (Å²) in [6, 6.07) is 9.07. The molecule has 1 heterocycles. The molecule has 0 saturated heterocycles. The van der Waals surface area contributed by atoms with Crippen molar-refractivity contribution in [2.45, 2.75) is 24.0 Å². The molecule has 10 heteroatoms. The van der Waals surface area contributed by atoms with E-state index in [1.165, 1.54) is 12.1 Å². The average molecular weight is 403 g/mol.